The number of hydrogen-bond donors (Lipinski definition) is 2. The lowest BCUT2D eigenvalue weighted by atomic mass is 10.1. The van der Waals surface area contributed by atoms with Gasteiger partial charge in [0.15, 0.2) is 15.8 Å². The highest BCUT2D eigenvalue weighted by Gasteiger charge is 2.43. The van der Waals surface area contributed by atoms with Gasteiger partial charge in [-0.3, -0.25) is 4.99 Å². The molecule has 0 spiro atoms. The van der Waals surface area contributed by atoms with Crippen LogP contribution in [0.3, 0.4) is 0 Å². The number of benzene rings is 1. The number of rotatable bonds is 4. The summed E-state index contributed by atoms with van der Waals surface area (Å²) in [6, 6.07) is 9.46. The summed E-state index contributed by atoms with van der Waals surface area (Å²) >= 11 is 0. The zero-order valence-corrected chi connectivity index (χ0v) is 15.2. The minimum atomic E-state index is -3.12. The summed E-state index contributed by atoms with van der Waals surface area (Å²) in [7, 11) is -3.12. The number of guanidine groups is 1. The molecule has 1 aromatic rings. The van der Waals surface area contributed by atoms with Crippen LogP contribution in [0.5, 0.6) is 0 Å². The molecule has 0 aromatic heterocycles. The first-order chi connectivity index (χ1) is 9.43. The van der Waals surface area contributed by atoms with Gasteiger partial charge in [-0.05, 0) is 25.0 Å². The van der Waals surface area contributed by atoms with Gasteiger partial charge in [-0.15, -0.1) is 24.0 Å². The topological polar surface area (TPSA) is 84.5 Å². The Morgan fingerprint density at radius 2 is 1.86 bits per heavy atom. The second kappa shape index (κ2) is 7.44. The Hall–Kier alpha value is -0.830. The number of halogens is 1. The van der Waals surface area contributed by atoms with E-state index in [1.54, 1.807) is 0 Å². The van der Waals surface area contributed by atoms with Crippen molar-refractivity contribution in [3.05, 3.63) is 30.3 Å². The molecule has 1 aliphatic carbocycles. The van der Waals surface area contributed by atoms with Crippen molar-refractivity contribution in [2.75, 3.05) is 18.1 Å². The minimum Gasteiger partial charge on any atom is -0.370 e. The fourth-order valence-corrected chi connectivity index (χ4v) is 3.93. The Morgan fingerprint density at radius 3 is 2.38 bits per heavy atom. The van der Waals surface area contributed by atoms with Crippen LogP contribution in [0.15, 0.2) is 35.3 Å². The van der Waals surface area contributed by atoms with Crippen LogP contribution in [0.1, 0.15) is 25.7 Å². The molecule has 0 amide bonds. The van der Waals surface area contributed by atoms with Crippen LogP contribution >= 0.6 is 24.0 Å². The molecule has 0 atom stereocenters. The van der Waals surface area contributed by atoms with Crippen molar-refractivity contribution < 1.29 is 8.42 Å². The molecular formula is C14H22IN3O2S. The van der Waals surface area contributed by atoms with Gasteiger partial charge in [0.2, 0.25) is 0 Å². The van der Waals surface area contributed by atoms with Gasteiger partial charge in [0, 0.05) is 11.9 Å². The second-order valence-corrected chi connectivity index (χ2v) is 7.77. The fourth-order valence-electron chi connectivity index (χ4n) is 2.60. The van der Waals surface area contributed by atoms with Gasteiger partial charge in [0.25, 0.3) is 0 Å². The minimum absolute atomic E-state index is 0. The van der Waals surface area contributed by atoms with Gasteiger partial charge >= 0.3 is 0 Å². The summed E-state index contributed by atoms with van der Waals surface area (Å²) < 4.78 is 23.3. The SMILES string of the molecule is CS(=O)(=O)C1(CN=C(N)Nc2ccccc2)CCCC1.I. The van der Waals surface area contributed by atoms with Crippen LogP contribution in [0.25, 0.3) is 0 Å². The van der Waals surface area contributed by atoms with Crippen molar-refractivity contribution in [2.24, 2.45) is 10.7 Å². The average molecular weight is 423 g/mol. The predicted octanol–water partition coefficient (Wildman–Crippen LogP) is 2.39. The molecule has 0 unspecified atom stereocenters. The second-order valence-electron chi connectivity index (χ2n) is 5.35. The lowest BCUT2D eigenvalue weighted by Crippen LogP contribution is -2.39. The molecular weight excluding hydrogens is 401 g/mol. The third-order valence-corrected chi connectivity index (χ3v) is 6.00. The summed E-state index contributed by atoms with van der Waals surface area (Å²) in [5.41, 5.74) is 6.67. The largest absolute Gasteiger partial charge is 0.370 e. The van der Waals surface area contributed by atoms with Gasteiger partial charge in [0.05, 0.1) is 11.3 Å². The number of nitrogens with two attached hydrogens (primary N) is 1. The Morgan fingerprint density at radius 1 is 1.29 bits per heavy atom. The quantitative estimate of drug-likeness (QED) is 0.443. The Balaban J connectivity index is 0.00000220. The lowest BCUT2D eigenvalue weighted by molar-refractivity contribution is 0.521. The van der Waals surface area contributed by atoms with Crippen LogP contribution in [-0.2, 0) is 9.84 Å². The van der Waals surface area contributed by atoms with Crippen molar-refractivity contribution in [2.45, 2.75) is 30.4 Å². The summed E-state index contributed by atoms with van der Waals surface area (Å²) in [5, 5.41) is 2.97. The van der Waals surface area contributed by atoms with Gasteiger partial charge in [-0.25, -0.2) is 8.42 Å². The van der Waals surface area contributed by atoms with Crippen LogP contribution in [0, 0.1) is 0 Å². The fraction of sp³-hybridized carbons (Fsp3) is 0.500. The highest BCUT2D eigenvalue weighted by molar-refractivity contribution is 14.0. The summed E-state index contributed by atoms with van der Waals surface area (Å²) in [6.07, 6.45) is 4.53. The van der Waals surface area contributed by atoms with E-state index in [1.807, 2.05) is 30.3 Å². The molecule has 7 heteroatoms. The van der Waals surface area contributed by atoms with Crippen molar-refractivity contribution in [1.82, 2.24) is 0 Å². The summed E-state index contributed by atoms with van der Waals surface area (Å²) in [4.78, 5) is 4.24. The van der Waals surface area contributed by atoms with Crippen LogP contribution in [0.4, 0.5) is 5.69 Å². The number of sulfone groups is 1. The van der Waals surface area contributed by atoms with E-state index in [0.717, 1.165) is 18.5 Å². The average Bonchev–Trinajstić information content (AvgIpc) is 2.87. The molecule has 0 saturated heterocycles. The van der Waals surface area contributed by atoms with Crippen LogP contribution in [0.2, 0.25) is 0 Å². The van der Waals surface area contributed by atoms with Crippen molar-refractivity contribution >= 4 is 45.5 Å². The molecule has 21 heavy (non-hydrogen) atoms. The molecule has 0 heterocycles. The van der Waals surface area contributed by atoms with E-state index in [-0.39, 0.29) is 36.5 Å². The molecule has 1 saturated carbocycles. The first-order valence-electron chi connectivity index (χ1n) is 6.75. The lowest BCUT2D eigenvalue weighted by Gasteiger charge is -2.24. The normalized spacial score (nSPS) is 18.0. The van der Waals surface area contributed by atoms with E-state index >= 15 is 0 Å². The standard InChI is InChI=1S/C14H21N3O2S.HI/c1-20(18,19)14(9-5-6-10-14)11-16-13(15)17-12-7-3-2-4-8-12;/h2-4,7-8H,5-6,9-11H2,1H3,(H3,15,16,17);1H. The Labute approximate surface area is 143 Å². The van der Waals surface area contributed by atoms with Crippen molar-refractivity contribution in [3.8, 4) is 0 Å². The third kappa shape index (κ3) is 4.57. The van der Waals surface area contributed by atoms with Crippen LogP contribution in [-0.4, -0.2) is 31.9 Å². The number of para-hydroxylation sites is 1. The first-order valence-corrected chi connectivity index (χ1v) is 8.64. The molecule has 1 aromatic carbocycles. The van der Waals surface area contributed by atoms with E-state index in [2.05, 4.69) is 10.3 Å². The highest BCUT2D eigenvalue weighted by Crippen LogP contribution is 2.36. The molecule has 2 rings (SSSR count). The van der Waals surface area contributed by atoms with Gasteiger partial charge in [0.1, 0.15) is 0 Å². The molecule has 118 valence electrons. The molecule has 0 bridgehead atoms. The number of nitrogens with zero attached hydrogens (tertiary/aromatic N) is 1. The van der Waals surface area contributed by atoms with Crippen molar-refractivity contribution in [1.29, 1.82) is 0 Å². The number of nitrogens with one attached hydrogen (secondary N) is 1. The molecule has 1 aliphatic rings. The maximum atomic E-state index is 12.0. The van der Waals surface area contributed by atoms with E-state index in [1.165, 1.54) is 6.26 Å². The van der Waals surface area contributed by atoms with Crippen LogP contribution < -0.4 is 11.1 Å². The smallest absolute Gasteiger partial charge is 0.193 e. The van der Waals surface area contributed by atoms with E-state index in [9.17, 15) is 8.42 Å². The predicted molar refractivity (Wildman–Crippen MR) is 98.0 cm³/mol. The van der Waals surface area contributed by atoms with Crippen molar-refractivity contribution in [3.63, 3.8) is 0 Å². The maximum Gasteiger partial charge on any atom is 0.193 e. The molecule has 0 radical (unpaired) electrons. The van der Waals surface area contributed by atoms with E-state index in [4.69, 9.17) is 5.73 Å². The van der Waals surface area contributed by atoms with Gasteiger partial charge in [-0.1, -0.05) is 31.0 Å². The summed E-state index contributed by atoms with van der Waals surface area (Å²) in [6.45, 7) is 0.234. The highest BCUT2D eigenvalue weighted by atomic mass is 127. The molecule has 1 fully saturated rings. The van der Waals surface area contributed by atoms with E-state index in [0.29, 0.717) is 12.8 Å². The number of hydrogen-bond acceptors (Lipinski definition) is 3. The monoisotopic (exact) mass is 423 g/mol. The Kier molecular flexibility index (Phi) is 6.45. The number of anilines is 1. The third-order valence-electron chi connectivity index (χ3n) is 3.89. The molecule has 0 aliphatic heterocycles. The molecule has 3 N–H and O–H groups in total. The van der Waals surface area contributed by atoms with E-state index < -0.39 is 14.6 Å². The Bertz CT molecular complexity index is 581. The zero-order chi connectivity index (χ0) is 14.6. The summed E-state index contributed by atoms with van der Waals surface area (Å²) in [5.74, 6) is 0.256. The van der Waals surface area contributed by atoms with Gasteiger partial charge in [-0.2, -0.15) is 0 Å². The maximum absolute atomic E-state index is 12.0. The number of aliphatic imine (C=N–C) groups is 1. The zero-order valence-electron chi connectivity index (χ0n) is 12.1. The van der Waals surface area contributed by atoms with Gasteiger partial charge < -0.3 is 11.1 Å². The first kappa shape index (κ1) is 18.2. The molecule has 5 nitrogen and oxygen atoms in total.